The molecule has 8 rings (SSSR count). The molecule has 0 radical (unpaired) electrons. The van der Waals surface area contributed by atoms with Crippen LogP contribution in [0.25, 0.3) is 11.3 Å². The lowest BCUT2D eigenvalue weighted by atomic mass is 9.85. The maximum Gasteiger partial charge on any atom is 0.407 e. The molecule has 5 heterocycles. The van der Waals surface area contributed by atoms with E-state index in [4.69, 9.17) is 26.2 Å². The fraction of sp³-hybridized carbons (Fsp3) is 0.477. The number of carbonyl (C=O) groups excluding carboxylic acids is 1. The first-order valence-electron chi connectivity index (χ1n) is 21.1. The van der Waals surface area contributed by atoms with Gasteiger partial charge in [-0.15, -0.1) is 10.2 Å². The molecule has 2 saturated heterocycles. The Hall–Kier alpha value is -5.28. The number of carboxylic acid groups (broad SMARTS) is 1. The summed E-state index contributed by atoms with van der Waals surface area (Å²) >= 11 is 6.72. The number of ether oxygens (including phenoxy) is 2. The molecule has 0 bridgehead atoms. The third-order valence-corrected chi connectivity index (χ3v) is 14.8. The smallest absolute Gasteiger partial charge is 0.407 e. The molecule has 2 fully saturated rings. The van der Waals surface area contributed by atoms with E-state index in [9.17, 15) is 14.7 Å². The number of likely N-dealkylation sites (tertiary alicyclic amines) is 1. The number of rotatable bonds is 9. The van der Waals surface area contributed by atoms with Gasteiger partial charge in [0.2, 0.25) is 5.95 Å². The first kappa shape index (κ1) is 41.5. The van der Waals surface area contributed by atoms with Gasteiger partial charge in [0.15, 0.2) is 5.65 Å². The van der Waals surface area contributed by atoms with Gasteiger partial charge in [0.1, 0.15) is 29.5 Å². The van der Waals surface area contributed by atoms with Crippen LogP contribution in [0.5, 0.6) is 11.5 Å². The summed E-state index contributed by atoms with van der Waals surface area (Å²) in [4.78, 5) is 29.9. The van der Waals surface area contributed by atoms with E-state index in [1.165, 1.54) is 6.42 Å². The van der Waals surface area contributed by atoms with Crippen LogP contribution in [-0.2, 0) is 5.41 Å². The van der Waals surface area contributed by atoms with Crippen molar-refractivity contribution in [3.8, 4) is 17.2 Å². The third-order valence-electron chi connectivity index (χ3n) is 12.0. The molecular weight excluding hydrogens is 798 g/mol. The van der Waals surface area contributed by atoms with Crippen molar-refractivity contribution in [3.63, 3.8) is 0 Å². The SMILES string of the molecule is CC(C)(C)c1cc(NC(=O)N[C@H]2CC[C@@H](Oc3ccc4nnc(N5CCCCC5)n4c3)c3ccccc32)n(-c2ccc(Cl)c(OC3CCN(C(=O)O)C([Si](C)(C)C)C3)c2)n1. The maximum atomic E-state index is 13.9. The van der Waals surface area contributed by atoms with Gasteiger partial charge in [0.05, 0.1) is 36.7 Å². The molecule has 2 unspecified atom stereocenters. The number of pyridine rings is 1. The second kappa shape index (κ2) is 16.6. The molecule has 1 aliphatic carbocycles. The number of hydrogen-bond acceptors (Lipinski definition) is 8. The maximum absolute atomic E-state index is 13.9. The number of carbonyl (C=O) groups is 2. The highest BCUT2D eigenvalue weighted by Crippen LogP contribution is 2.40. The number of urea groups is 1. The van der Waals surface area contributed by atoms with Gasteiger partial charge < -0.3 is 29.7 Å². The predicted octanol–water partition coefficient (Wildman–Crippen LogP) is 9.40. The van der Waals surface area contributed by atoms with Crippen LogP contribution >= 0.6 is 11.6 Å². The predicted molar refractivity (Wildman–Crippen MR) is 236 cm³/mol. The van der Waals surface area contributed by atoms with Crippen molar-refractivity contribution in [2.45, 2.75) is 115 Å². The normalized spacial score (nSPS) is 21.1. The van der Waals surface area contributed by atoms with Crippen molar-refractivity contribution in [2.75, 3.05) is 29.9 Å². The van der Waals surface area contributed by atoms with Gasteiger partial charge in [-0.1, -0.05) is 76.3 Å². The van der Waals surface area contributed by atoms with Gasteiger partial charge in [0, 0.05) is 55.7 Å². The van der Waals surface area contributed by atoms with Gasteiger partial charge in [0.25, 0.3) is 0 Å². The molecule has 60 heavy (non-hydrogen) atoms. The van der Waals surface area contributed by atoms with E-state index in [2.05, 4.69) is 78.3 Å². The summed E-state index contributed by atoms with van der Waals surface area (Å²) in [5.41, 5.74) is 3.91. The van der Waals surface area contributed by atoms with Gasteiger partial charge in [-0.2, -0.15) is 5.10 Å². The van der Waals surface area contributed by atoms with Crippen molar-refractivity contribution in [1.29, 1.82) is 0 Å². The van der Waals surface area contributed by atoms with Crippen LogP contribution < -0.4 is 25.0 Å². The van der Waals surface area contributed by atoms with Crippen molar-refractivity contribution >= 4 is 49.2 Å². The number of hydrogen-bond donors (Lipinski definition) is 3. The van der Waals surface area contributed by atoms with Crippen LogP contribution in [0.4, 0.5) is 21.4 Å². The fourth-order valence-corrected chi connectivity index (χ4v) is 11.1. The molecule has 3 aliphatic rings. The summed E-state index contributed by atoms with van der Waals surface area (Å²) in [5, 5.41) is 30.5. The molecule has 16 heteroatoms. The number of nitrogens with one attached hydrogen (secondary N) is 2. The number of benzene rings is 2. The largest absolute Gasteiger partial charge is 0.489 e. The number of anilines is 2. The number of fused-ring (bicyclic) bond motifs is 2. The fourth-order valence-electron chi connectivity index (χ4n) is 8.75. The molecule has 3 amide bonds. The highest BCUT2D eigenvalue weighted by Gasteiger charge is 2.41. The molecule has 0 spiro atoms. The summed E-state index contributed by atoms with van der Waals surface area (Å²) in [6, 6.07) is 18.8. The molecule has 2 aromatic carbocycles. The Morgan fingerprint density at radius 2 is 1.67 bits per heavy atom. The Bertz CT molecular complexity index is 2370. The second-order valence-corrected chi connectivity index (χ2v) is 24.2. The Morgan fingerprint density at radius 1 is 0.900 bits per heavy atom. The summed E-state index contributed by atoms with van der Waals surface area (Å²) in [7, 11) is -1.87. The first-order chi connectivity index (χ1) is 28.6. The Balaban J connectivity index is 0.986. The van der Waals surface area contributed by atoms with Gasteiger partial charge in [-0.05, 0) is 67.5 Å². The van der Waals surface area contributed by atoms with Gasteiger partial charge >= 0.3 is 12.1 Å². The quantitative estimate of drug-likeness (QED) is 0.123. The van der Waals surface area contributed by atoms with Crippen molar-refractivity contribution in [3.05, 3.63) is 88.7 Å². The van der Waals surface area contributed by atoms with Crippen LogP contribution in [0, 0.1) is 0 Å². The van der Waals surface area contributed by atoms with E-state index < -0.39 is 14.2 Å². The molecule has 318 valence electrons. The van der Waals surface area contributed by atoms with E-state index in [-0.39, 0.29) is 35.4 Å². The zero-order valence-electron chi connectivity index (χ0n) is 35.3. The Labute approximate surface area is 357 Å². The van der Waals surface area contributed by atoms with Crippen LogP contribution in [0.2, 0.25) is 24.7 Å². The minimum atomic E-state index is -1.87. The first-order valence-corrected chi connectivity index (χ1v) is 25.1. The molecule has 3 aromatic heterocycles. The topological polar surface area (TPSA) is 151 Å². The summed E-state index contributed by atoms with van der Waals surface area (Å²) in [6.07, 6.45) is 6.78. The van der Waals surface area contributed by atoms with Gasteiger partial charge in [-0.3, -0.25) is 9.72 Å². The lowest BCUT2D eigenvalue weighted by molar-refractivity contribution is 0.0749. The summed E-state index contributed by atoms with van der Waals surface area (Å²) in [6.45, 7) is 15.1. The molecule has 5 aromatic rings. The lowest BCUT2D eigenvalue weighted by Crippen LogP contribution is -2.58. The minimum absolute atomic E-state index is 0.0756. The number of nitrogens with zero attached hydrogens (tertiary/aromatic N) is 7. The molecule has 0 saturated carbocycles. The van der Waals surface area contributed by atoms with E-state index in [0.717, 1.165) is 60.1 Å². The molecule has 2 aliphatic heterocycles. The Morgan fingerprint density at radius 3 is 2.40 bits per heavy atom. The van der Waals surface area contributed by atoms with E-state index in [1.807, 2.05) is 53.1 Å². The second-order valence-electron chi connectivity index (χ2n) is 18.4. The van der Waals surface area contributed by atoms with Gasteiger partial charge in [-0.25, -0.2) is 14.3 Å². The monoisotopic (exact) mass is 853 g/mol. The number of piperidine rings is 2. The zero-order valence-corrected chi connectivity index (χ0v) is 37.1. The van der Waals surface area contributed by atoms with E-state index in [1.54, 1.807) is 15.6 Å². The van der Waals surface area contributed by atoms with E-state index in [0.29, 0.717) is 54.5 Å². The van der Waals surface area contributed by atoms with Crippen LogP contribution in [-0.4, -0.2) is 86.0 Å². The van der Waals surface area contributed by atoms with Crippen molar-refractivity contribution in [2.24, 2.45) is 0 Å². The summed E-state index contributed by atoms with van der Waals surface area (Å²) < 4.78 is 16.9. The third kappa shape index (κ3) is 8.78. The highest BCUT2D eigenvalue weighted by molar-refractivity contribution is 6.77. The molecule has 3 N–H and O–H groups in total. The average molecular weight is 855 g/mol. The highest BCUT2D eigenvalue weighted by atomic mass is 35.5. The van der Waals surface area contributed by atoms with Crippen LogP contribution in [0.3, 0.4) is 0 Å². The lowest BCUT2D eigenvalue weighted by Gasteiger charge is -2.43. The van der Waals surface area contributed by atoms with Crippen molar-refractivity contribution < 1.29 is 24.2 Å². The van der Waals surface area contributed by atoms with Crippen LogP contribution in [0.15, 0.2) is 66.9 Å². The Kier molecular flexibility index (Phi) is 11.5. The van der Waals surface area contributed by atoms with E-state index >= 15 is 0 Å². The van der Waals surface area contributed by atoms with Crippen LogP contribution in [0.1, 0.15) is 94.7 Å². The number of halogens is 1. The van der Waals surface area contributed by atoms with Crippen molar-refractivity contribution in [1.82, 2.24) is 34.6 Å². The number of aromatic nitrogens is 5. The molecular formula is C44H56ClN9O5Si. The summed E-state index contributed by atoms with van der Waals surface area (Å²) in [5.74, 6) is 2.57. The standard InChI is InChI=1S/C44H56ClN9O5Si/c1-44(2,3)37-26-39(54(50-37)28-14-16-33(45)36(24-28)58-29-20-23-52(43(56)57)40(25-29)60(4,5)6)47-41(55)46-34-17-18-35(32-13-9-8-12-31(32)34)59-30-15-19-38-48-49-42(53(38)27-30)51-21-10-7-11-22-51/h8-9,12-16,19,24,26-27,29,34-35,40H,7,10-11,17-18,20-23,25H2,1-6H3,(H,56,57)(H2,46,47,55)/t29?,34-,35+,40?/m0/s1. The molecule has 14 nitrogen and oxygen atoms in total. The number of amides is 3. The molecule has 4 atom stereocenters. The zero-order chi connectivity index (χ0) is 42.3. The minimum Gasteiger partial charge on any atom is -0.489 e. The average Bonchev–Trinajstić information content (AvgIpc) is 3.84.